The molecule has 3 amide bonds. The maximum atomic E-state index is 12.3. The van der Waals surface area contributed by atoms with Crippen molar-refractivity contribution in [3.8, 4) is 0 Å². The van der Waals surface area contributed by atoms with E-state index in [0.717, 1.165) is 29.7 Å². The number of amides is 3. The van der Waals surface area contributed by atoms with Gasteiger partial charge in [-0.3, -0.25) is 14.4 Å². The smallest absolute Gasteiger partial charge is 0.227 e. The molecule has 1 aliphatic carbocycles. The van der Waals surface area contributed by atoms with Crippen LogP contribution in [0.5, 0.6) is 0 Å². The Bertz CT molecular complexity index is 856. The normalized spacial score (nSPS) is 14.1. The summed E-state index contributed by atoms with van der Waals surface area (Å²) in [4.78, 5) is 35.2. The molecule has 1 aliphatic rings. The Kier molecular flexibility index (Phi) is 6.09. The van der Waals surface area contributed by atoms with Gasteiger partial charge in [0.2, 0.25) is 17.7 Å². The molecule has 0 bridgehead atoms. The molecule has 6 heteroatoms. The summed E-state index contributed by atoms with van der Waals surface area (Å²) in [6.45, 7) is 3.38. The molecule has 0 radical (unpaired) electrons. The lowest BCUT2D eigenvalue weighted by Crippen LogP contribution is -2.28. The highest BCUT2D eigenvalue weighted by atomic mass is 16.2. The van der Waals surface area contributed by atoms with E-state index in [2.05, 4.69) is 16.0 Å². The lowest BCUT2D eigenvalue weighted by Gasteiger charge is -2.15. The topological polar surface area (TPSA) is 87.3 Å². The molecule has 2 aromatic carbocycles. The summed E-state index contributed by atoms with van der Waals surface area (Å²) in [6.07, 6.45) is 2.21. The van der Waals surface area contributed by atoms with Crippen LogP contribution in [0.15, 0.2) is 48.5 Å². The predicted octanol–water partition coefficient (Wildman–Crippen LogP) is 3.41. The number of benzene rings is 2. The zero-order valence-electron chi connectivity index (χ0n) is 16.1. The number of carbonyl (C=O) groups is 3. The Balaban J connectivity index is 1.50. The van der Waals surface area contributed by atoms with E-state index in [1.807, 2.05) is 43.3 Å². The van der Waals surface area contributed by atoms with E-state index in [0.29, 0.717) is 5.69 Å². The summed E-state index contributed by atoms with van der Waals surface area (Å²) in [5, 5.41) is 8.59. The van der Waals surface area contributed by atoms with Gasteiger partial charge in [-0.05, 0) is 55.2 Å². The quantitative estimate of drug-likeness (QED) is 0.689. The molecule has 2 aromatic rings. The first-order chi connectivity index (χ1) is 13.4. The molecule has 1 atom stereocenters. The molecular formula is C22H25N3O3. The van der Waals surface area contributed by atoms with Gasteiger partial charge < -0.3 is 16.0 Å². The third-order valence-corrected chi connectivity index (χ3v) is 4.64. The van der Waals surface area contributed by atoms with Gasteiger partial charge in [0.05, 0.1) is 12.5 Å². The molecule has 0 aromatic heterocycles. The minimum atomic E-state index is -0.140. The Morgan fingerprint density at radius 1 is 0.929 bits per heavy atom. The van der Waals surface area contributed by atoms with E-state index in [4.69, 9.17) is 0 Å². The number of hydrogen-bond donors (Lipinski definition) is 3. The highest BCUT2D eigenvalue weighted by molar-refractivity contribution is 5.94. The van der Waals surface area contributed by atoms with Gasteiger partial charge in [0, 0.05) is 24.2 Å². The number of carbonyl (C=O) groups excluding carboxylic acids is 3. The number of anilines is 2. The maximum Gasteiger partial charge on any atom is 0.227 e. The lowest BCUT2D eigenvalue weighted by atomic mass is 10.1. The summed E-state index contributed by atoms with van der Waals surface area (Å²) in [5.74, 6) is 0.0483. The lowest BCUT2D eigenvalue weighted by molar-refractivity contribution is -0.121. The molecule has 0 spiro atoms. The second kappa shape index (κ2) is 8.69. The fourth-order valence-corrected chi connectivity index (χ4v) is 2.92. The van der Waals surface area contributed by atoms with Crippen LogP contribution in [0.4, 0.5) is 11.4 Å². The van der Waals surface area contributed by atoms with Gasteiger partial charge >= 0.3 is 0 Å². The van der Waals surface area contributed by atoms with Crippen molar-refractivity contribution in [2.24, 2.45) is 5.92 Å². The van der Waals surface area contributed by atoms with Crippen molar-refractivity contribution in [3.05, 3.63) is 59.7 Å². The van der Waals surface area contributed by atoms with E-state index in [9.17, 15) is 14.4 Å². The molecule has 0 heterocycles. The van der Waals surface area contributed by atoms with Crippen LogP contribution < -0.4 is 16.0 Å². The van der Waals surface area contributed by atoms with Crippen LogP contribution in [0.25, 0.3) is 0 Å². The molecule has 146 valence electrons. The summed E-state index contributed by atoms with van der Waals surface area (Å²) >= 11 is 0. The zero-order chi connectivity index (χ0) is 20.1. The predicted molar refractivity (Wildman–Crippen MR) is 109 cm³/mol. The van der Waals surface area contributed by atoms with E-state index >= 15 is 0 Å². The number of nitrogens with one attached hydrogen (secondary N) is 3. The van der Waals surface area contributed by atoms with Crippen LogP contribution in [-0.4, -0.2) is 17.7 Å². The van der Waals surface area contributed by atoms with Crippen LogP contribution in [-0.2, 0) is 20.8 Å². The Hall–Kier alpha value is -3.15. The van der Waals surface area contributed by atoms with Crippen molar-refractivity contribution in [3.63, 3.8) is 0 Å². The van der Waals surface area contributed by atoms with Gasteiger partial charge in [-0.15, -0.1) is 0 Å². The van der Waals surface area contributed by atoms with E-state index < -0.39 is 0 Å². The summed E-state index contributed by atoms with van der Waals surface area (Å²) in [7, 11) is 0. The molecule has 1 unspecified atom stereocenters. The van der Waals surface area contributed by atoms with Crippen molar-refractivity contribution < 1.29 is 14.4 Å². The highest BCUT2D eigenvalue weighted by Gasteiger charge is 2.29. The van der Waals surface area contributed by atoms with E-state index in [1.165, 1.54) is 6.92 Å². The molecule has 1 saturated carbocycles. The van der Waals surface area contributed by atoms with Gasteiger partial charge in [-0.1, -0.05) is 24.3 Å². The van der Waals surface area contributed by atoms with Gasteiger partial charge in [-0.2, -0.15) is 0 Å². The van der Waals surface area contributed by atoms with Gasteiger partial charge in [0.25, 0.3) is 0 Å². The molecule has 0 saturated heterocycles. The van der Waals surface area contributed by atoms with Crippen molar-refractivity contribution >= 4 is 29.1 Å². The molecule has 1 fully saturated rings. The zero-order valence-corrected chi connectivity index (χ0v) is 16.1. The molecule has 0 aliphatic heterocycles. The maximum absolute atomic E-state index is 12.3. The van der Waals surface area contributed by atoms with E-state index in [-0.39, 0.29) is 36.1 Å². The van der Waals surface area contributed by atoms with Crippen molar-refractivity contribution in [1.29, 1.82) is 0 Å². The minimum Gasteiger partial charge on any atom is -0.349 e. The van der Waals surface area contributed by atoms with Gasteiger partial charge in [0.1, 0.15) is 0 Å². The standard InChI is InChI=1S/C22H25N3O3/c1-14(17-7-11-20(12-8-17)25-22(28)18-5-6-18)23-21(27)13-16-3-9-19(10-4-16)24-15(2)26/h3-4,7-12,14,18H,5-6,13H2,1-2H3,(H,23,27)(H,24,26)(H,25,28). The second-order valence-electron chi connectivity index (χ2n) is 7.23. The Morgan fingerprint density at radius 3 is 2.07 bits per heavy atom. The fourth-order valence-electron chi connectivity index (χ4n) is 2.92. The van der Waals surface area contributed by atoms with Crippen LogP contribution in [0, 0.1) is 5.92 Å². The highest BCUT2D eigenvalue weighted by Crippen LogP contribution is 2.30. The molecule has 3 rings (SSSR count). The van der Waals surface area contributed by atoms with E-state index in [1.54, 1.807) is 12.1 Å². The Morgan fingerprint density at radius 2 is 1.50 bits per heavy atom. The van der Waals surface area contributed by atoms with Crippen molar-refractivity contribution in [1.82, 2.24) is 5.32 Å². The second-order valence-corrected chi connectivity index (χ2v) is 7.23. The first-order valence-electron chi connectivity index (χ1n) is 9.47. The first kappa shape index (κ1) is 19.6. The van der Waals surface area contributed by atoms with Crippen LogP contribution in [0.3, 0.4) is 0 Å². The third kappa shape index (κ3) is 5.67. The third-order valence-electron chi connectivity index (χ3n) is 4.64. The number of hydrogen-bond acceptors (Lipinski definition) is 3. The van der Waals surface area contributed by atoms with Crippen LogP contribution in [0.2, 0.25) is 0 Å². The largest absolute Gasteiger partial charge is 0.349 e. The molecular weight excluding hydrogens is 354 g/mol. The average molecular weight is 379 g/mol. The summed E-state index contributed by atoms with van der Waals surface area (Å²) in [6, 6.07) is 14.6. The minimum absolute atomic E-state index is 0.0779. The molecule has 28 heavy (non-hydrogen) atoms. The van der Waals surface area contributed by atoms with Crippen molar-refractivity contribution in [2.45, 2.75) is 39.2 Å². The molecule has 3 N–H and O–H groups in total. The Labute approximate surface area is 164 Å². The van der Waals surface area contributed by atoms with Gasteiger partial charge in [-0.25, -0.2) is 0 Å². The van der Waals surface area contributed by atoms with Gasteiger partial charge in [0.15, 0.2) is 0 Å². The summed E-state index contributed by atoms with van der Waals surface area (Å²) < 4.78 is 0. The number of rotatable bonds is 7. The average Bonchev–Trinajstić information content (AvgIpc) is 3.48. The SMILES string of the molecule is CC(=O)Nc1ccc(CC(=O)NC(C)c2ccc(NC(=O)C3CC3)cc2)cc1. The first-order valence-corrected chi connectivity index (χ1v) is 9.47. The fraction of sp³-hybridized carbons (Fsp3) is 0.318. The van der Waals surface area contributed by atoms with Crippen LogP contribution in [0.1, 0.15) is 43.9 Å². The van der Waals surface area contributed by atoms with Crippen molar-refractivity contribution in [2.75, 3.05) is 10.6 Å². The molecule has 6 nitrogen and oxygen atoms in total. The van der Waals surface area contributed by atoms with Crippen LogP contribution >= 0.6 is 0 Å². The monoisotopic (exact) mass is 379 g/mol. The summed E-state index contributed by atoms with van der Waals surface area (Å²) in [5.41, 5.74) is 3.33.